The maximum Gasteiger partial charge on any atom is 0.250 e. The lowest BCUT2D eigenvalue weighted by Crippen LogP contribution is -2.49. The van der Waals surface area contributed by atoms with E-state index in [2.05, 4.69) is 0 Å². The molecule has 10 heteroatoms. The van der Waals surface area contributed by atoms with Crippen LogP contribution in [-0.4, -0.2) is 66.6 Å². The Morgan fingerprint density at radius 3 is 2.23 bits per heavy atom. The topological polar surface area (TPSA) is 106 Å². The number of nitrogens with two attached hydrogens (primary N) is 1. The van der Waals surface area contributed by atoms with Crippen molar-refractivity contribution in [3.8, 4) is 0 Å². The van der Waals surface area contributed by atoms with Gasteiger partial charge in [-0.3, -0.25) is 14.5 Å². The number of sulfonamides is 1. The maximum atomic E-state index is 14.3. The minimum Gasteiger partial charge on any atom is -0.366 e. The molecule has 1 aromatic heterocycles. The fourth-order valence-electron chi connectivity index (χ4n) is 4.28. The van der Waals surface area contributed by atoms with Crippen LogP contribution in [0.15, 0.2) is 65.6 Å². The van der Waals surface area contributed by atoms with Crippen molar-refractivity contribution in [2.24, 2.45) is 5.73 Å². The highest BCUT2D eigenvalue weighted by Gasteiger charge is 2.30. The number of hydrogen-bond acceptors (Lipinski definition) is 5. The number of primary amides is 1. The van der Waals surface area contributed by atoms with Crippen LogP contribution < -0.4 is 5.73 Å². The molecule has 0 bridgehead atoms. The van der Waals surface area contributed by atoms with Gasteiger partial charge in [-0.1, -0.05) is 36.4 Å². The highest BCUT2D eigenvalue weighted by atomic mass is 32.2. The van der Waals surface area contributed by atoms with Gasteiger partial charge in [-0.05, 0) is 31.2 Å². The number of hydrogen-bond donors (Lipinski definition) is 1. The molecule has 0 atom stereocenters. The van der Waals surface area contributed by atoms with Crippen molar-refractivity contribution >= 4 is 21.7 Å². The SMILES string of the molecule is Cc1c(C(N)=O)cc(C(=O)CN2CCN(S(=O)(=O)c3ccccc3)CC2)n1Cc1ccccc1F. The van der Waals surface area contributed by atoms with Gasteiger partial charge < -0.3 is 10.3 Å². The summed E-state index contributed by atoms with van der Waals surface area (Å²) in [4.78, 5) is 27.3. The average molecular weight is 499 g/mol. The van der Waals surface area contributed by atoms with Crippen LogP contribution in [-0.2, 0) is 16.6 Å². The standard InChI is InChI=1S/C25H27FN4O4S/c1-18-21(25(27)32)15-23(30(18)16-19-7-5-6-10-22(19)26)24(31)17-28-11-13-29(14-12-28)35(33,34)20-8-3-2-4-9-20/h2-10,15H,11-14,16-17H2,1H3,(H2,27,32). The van der Waals surface area contributed by atoms with Crippen LogP contribution in [0.3, 0.4) is 0 Å². The molecule has 2 aromatic carbocycles. The van der Waals surface area contributed by atoms with E-state index in [0.29, 0.717) is 24.3 Å². The molecule has 2 N–H and O–H groups in total. The van der Waals surface area contributed by atoms with Gasteiger partial charge in [-0.25, -0.2) is 12.8 Å². The molecule has 8 nitrogen and oxygen atoms in total. The Kier molecular flexibility index (Phi) is 7.15. The molecule has 1 aliphatic heterocycles. The lowest BCUT2D eigenvalue weighted by molar-refractivity contribution is 0.0892. The van der Waals surface area contributed by atoms with E-state index < -0.39 is 21.7 Å². The zero-order valence-corrected chi connectivity index (χ0v) is 20.2. The molecule has 1 aliphatic rings. The number of aromatic nitrogens is 1. The van der Waals surface area contributed by atoms with E-state index in [1.165, 1.54) is 16.4 Å². The van der Waals surface area contributed by atoms with Crippen LogP contribution in [0.2, 0.25) is 0 Å². The van der Waals surface area contributed by atoms with Gasteiger partial charge in [-0.2, -0.15) is 4.31 Å². The smallest absolute Gasteiger partial charge is 0.250 e. The minimum absolute atomic E-state index is 0.0398. The first-order valence-corrected chi connectivity index (χ1v) is 12.7. The Balaban J connectivity index is 1.49. The number of ketones is 1. The lowest BCUT2D eigenvalue weighted by Gasteiger charge is -2.33. The molecule has 3 aromatic rings. The number of benzene rings is 2. The van der Waals surface area contributed by atoms with E-state index in [9.17, 15) is 22.4 Å². The zero-order chi connectivity index (χ0) is 25.2. The van der Waals surface area contributed by atoms with E-state index in [0.717, 1.165) is 0 Å². The Hall–Kier alpha value is -3.34. The third kappa shape index (κ3) is 5.19. The molecule has 0 spiro atoms. The van der Waals surface area contributed by atoms with Crippen LogP contribution in [0.5, 0.6) is 0 Å². The Bertz CT molecular complexity index is 1350. The molecule has 4 rings (SSSR count). The van der Waals surface area contributed by atoms with E-state index in [-0.39, 0.29) is 48.1 Å². The normalized spacial score (nSPS) is 15.3. The van der Waals surface area contributed by atoms with Gasteiger partial charge in [-0.15, -0.1) is 0 Å². The molecule has 35 heavy (non-hydrogen) atoms. The van der Waals surface area contributed by atoms with Crippen LogP contribution in [0.25, 0.3) is 0 Å². The van der Waals surface area contributed by atoms with Crippen molar-refractivity contribution in [1.82, 2.24) is 13.8 Å². The Labute approximate surface area is 203 Å². The molecule has 0 radical (unpaired) electrons. The Morgan fingerprint density at radius 2 is 1.60 bits per heavy atom. The minimum atomic E-state index is -3.59. The number of amides is 1. The second-order valence-corrected chi connectivity index (χ2v) is 10.4. The molecular weight excluding hydrogens is 471 g/mol. The fraction of sp³-hybridized carbons (Fsp3) is 0.280. The zero-order valence-electron chi connectivity index (χ0n) is 19.4. The molecule has 184 valence electrons. The highest BCUT2D eigenvalue weighted by molar-refractivity contribution is 7.89. The number of carbonyl (C=O) groups excluding carboxylic acids is 2. The van der Waals surface area contributed by atoms with Crippen LogP contribution >= 0.6 is 0 Å². The van der Waals surface area contributed by atoms with Gasteiger partial charge in [0.2, 0.25) is 10.0 Å². The molecule has 1 saturated heterocycles. The molecule has 1 amide bonds. The second kappa shape index (κ2) is 10.1. The van der Waals surface area contributed by atoms with Gasteiger partial charge in [0.1, 0.15) is 5.82 Å². The van der Waals surface area contributed by atoms with Crippen LogP contribution in [0, 0.1) is 12.7 Å². The summed E-state index contributed by atoms with van der Waals surface area (Å²) in [5.41, 5.74) is 6.85. The van der Waals surface area contributed by atoms with Crippen molar-refractivity contribution in [3.05, 3.63) is 89.0 Å². The first-order chi connectivity index (χ1) is 16.7. The van der Waals surface area contributed by atoms with Crippen molar-refractivity contribution in [1.29, 1.82) is 0 Å². The third-order valence-corrected chi connectivity index (χ3v) is 8.20. The summed E-state index contributed by atoms with van der Waals surface area (Å²) in [5, 5.41) is 0. The summed E-state index contributed by atoms with van der Waals surface area (Å²) in [6.07, 6.45) is 0. The summed E-state index contributed by atoms with van der Waals surface area (Å²) in [7, 11) is -3.59. The summed E-state index contributed by atoms with van der Waals surface area (Å²) < 4.78 is 43.0. The van der Waals surface area contributed by atoms with Crippen LogP contribution in [0.4, 0.5) is 4.39 Å². The van der Waals surface area contributed by atoms with Gasteiger partial charge in [0, 0.05) is 37.4 Å². The average Bonchev–Trinajstić information content (AvgIpc) is 3.18. The van der Waals surface area contributed by atoms with E-state index in [1.54, 1.807) is 60.0 Å². The highest BCUT2D eigenvalue weighted by Crippen LogP contribution is 2.21. The molecular formula is C25H27FN4O4S. The number of halogens is 1. The summed E-state index contributed by atoms with van der Waals surface area (Å²) in [5.74, 6) is -1.32. The number of carbonyl (C=O) groups is 2. The lowest BCUT2D eigenvalue weighted by atomic mass is 10.2. The van der Waals surface area contributed by atoms with E-state index in [4.69, 9.17) is 5.73 Å². The molecule has 0 saturated carbocycles. The van der Waals surface area contributed by atoms with Crippen molar-refractivity contribution < 1.29 is 22.4 Å². The Morgan fingerprint density at radius 1 is 0.971 bits per heavy atom. The maximum absolute atomic E-state index is 14.3. The first-order valence-electron chi connectivity index (χ1n) is 11.2. The summed E-state index contributed by atoms with van der Waals surface area (Å²) in [6.45, 7) is 3.07. The molecule has 2 heterocycles. The van der Waals surface area contributed by atoms with E-state index >= 15 is 0 Å². The predicted octanol–water partition coefficient (Wildman–Crippen LogP) is 2.27. The number of nitrogens with zero attached hydrogens (tertiary/aromatic N) is 3. The van der Waals surface area contributed by atoms with Gasteiger partial charge >= 0.3 is 0 Å². The van der Waals surface area contributed by atoms with Crippen molar-refractivity contribution in [3.63, 3.8) is 0 Å². The first kappa shape index (κ1) is 24.8. The number of Topliss-reactive ketones (excluding diaryl/α,β-unsaturated/α-hetero) is 1. The molecule has 0 aliphatic carbocycles. The fourth-order valence-corrected chi connectivity index (χ4v) is 5.72. The molecule has 0 unspecified atom stereocenters. The predicted molar refractivity (Wildman–Crippen MR) is 129 cm³/mol. The monoisotopic (exact) mass is 498 g/mol. The van der Waals surface area contributed by atoms with Gasteiger partial charge in [0.05, 0.1) is 29.2 Å². The van der Waals surface area contributed by atoms with Crippen molar-refractivity contribution in [2.75, 3.05) is 32.7 Å². The largest absolute Gasteiger partial charge is 0.366 e. The molecule has 1 fully saturated rings. The van der Waals surface area contributed by atoms with Crippen molar-refractivity contribution in [2.45, 2.75) is 18.4 Å². The number of piperazine rings is 1. The van der Waals surface area contributed by atoms with Gasteiger partial charge in [0.15, 0.2) is 5.78 Å². The van der Waals surface area contributed by atoms with E-state index in [1.807, 2.05) is 4.90 Å². The quantitative estimate of drug-likeness (QED) is 0.480. The second-order valence-electron chi connectivity index (χ2n) is 8.49. The summed E-state index contributed by atoms with van der Waals surface area (Å²) in [6, 6.07) is 16.0. The van der Waals surface area contributed by atoms with Gasteiger partial charge in [0.25, 0.3) is 5.91 Å². The third-order valence-electron chi connectivity index (χ3n) is 6.28. The number of rotatable bonds is 8. The van der Waals surface area contributed by atoms with Crippen LogP contribution in [0.1, 0.15) is 32.1 Å². The summed E-state index contributed by atoms with van der Waals surface area (Å²) >= 11 is 0.